The first-order valence-corrected chi connectivity index (χ1v) is 13.6. The fourth-order valence-electron chi connectivity index (χ4n) is 4.09. The molecule has 1 fully saturated rings. The van der Waals surface area contributed by atoms with Crippen molar-refractivity contribution in [3.8, 4) is 0 Å². The number of aryl methyl sites for hydroxylation is 3. The van der Waals surface area contributed by atoms with Crippen LogP contribution in [0.15, 0.2) is 41.9 Å². The predicted octanol–water partition coefficient (Wildman–Crippen LogP) is 4.22. The van der Waals surface area contributed by atoms with Crippen molar-refractivity contribution in [3.63, 3.8) is 0 Å². The number of anilines is 2. The number of amides is 2. The summed E-state index contributed by atoms with van der Waals surface area (Å²) in [6, 6.07) is 4.91. The maximum absolute atomic E-state index is 13.0. The number of carbonyl (C=O) groups is 2. The van der Waals surface area contributed by atoms with Gasteiger partial charge >= 0.3 is 6.03 Å². The quantitative estimate of drug-likeness (QED) is 0.446. The van der Waals surface area contributed by atoms with E-state index in [1.54, 1.807) is 25.5 Å². The Morgan fingerprint density at radius 3 is 2.65 bits per heavy atom. The standard InChI is InChI=1S/C23H27N5O4S2/c1-15-7-8-19(18(13-15)20(29)16-5-3-4-6-16)26-21(30)27-22-25-14-17(33-22)9-12-34(31,32)23-24-10-11-28(23)2/h7-8,10-11,13-14,16H,3-6,9,12H2,1-2H3,(H2,25,26,27,30). The van der Waals surface area contributed by atoms with Crippen molar-refractivity contribution in [1.82, 2.24) is 14.5 Å². The monoisotopic (exact) mass is 501 g/mol. The first kappa shape index (κ1) is 24.1. The van der Waals surface area contributed by atoms with Crippen LogP contribution >= 0.6 is 11.3 Å². The van der Waals surface area contributed by atoms with Crippen molar-refractivity contribution in [2.45, 2.75) is 44.2 Å². The SMILES string of the molecule is Cc1ccc(NC(=O)Nc2ncc(CCS(=O)(=O)c3nccn3C)s2)c(C(=O)C2CCCC2)c1. The van der Waals surface area contributed by atoms with Crippen molar-refractivity contribution >= 4 is 43.8 Å². The summed E-state index contributed by atoms with van der Waals surface area (Å²) < 4.78 is 26.4. The molecule has 0 aliphatic heterocycles. The van der Waals surface area contributed by atoms with Crippen LogP contribution in [-0.2, 0) is 23.3 Å². The highest BCUT2D eigenvalue weighted by atomic mass is 32.2. The molecule has 2 heterocycles. The van der Waals surface area contributed by atoms with Crippen LogP contribution in [-0.4, -0.2) is 40.5 Å². The molecule has 1 aliphatic rings. The van der Waals surface area contributed by atoms with Crippen molar-refractivity contribution in [1.29, 1.82) is 0 Å². The lowest BCUT2D eigenvalue weighted by Gasteiger charge is -2.14. The first-order valence-electron chi connectivity index (χ1n) is 11.1. The second-order valence-electron chi connectivity index (χ2n) is 8.50. The summed E-state index contributed by atoms with van der Waals surface area (Å²) in [4.78, 5) is 34.4. The van der Waals surface area contributed by atoms with E-state index >= 15 is 0 Å². The molecule has 2 amide bonds. The average Bonchev–Trinajstić information content (AvgIpc) is 3.55. The van der Waals surface area contributed by atoms with Gasteiger partial charge in [0.25, 0.3) is 0 Å². The number of hydrogen-bond donors (Lipinski definition) is 2. The molecular formula is C23H27N5O4S2. The number of sulfone groups is 1. The molecule has 2 N–H and O–H groups in total. The molecule has 34 heavy (non-hydrogen) atoms. The molecule has 4 rings (SSSR count). The molecule has 9 nitrogen and oxygen atoms in total. The number of Topliss-reactive ketones (excluding diaryl/α,β-unsaturated/α-hetero) is 1. The zero-order valence-corrected chi connectivity index (χ0v) is 20.7. The van der Waals surface area contributed by atoms with Gasteiger partial charge in [-0.3, -0.25) is 10.1 Å². The van der Waals surface area contributed by atoms with Crippen LogP contribution in [0, 0.1) is 12.8 Å². The molecule has 0 saturated heterocycles. The largest absolute Gasteiger partial charge is 0.325 e. The van der Waals surface area contributed by atoms with E-state index in [1.165, 1.54) is 22.1 Å². The summed E-state index contributed by atoms with van der Waals surface area (Å²) in [6.07, 6.45) is 8.72. The Bertz CT molecular complexity index is 1310. The number of ketones is 1. The maximum atomic E-state index is 13.0. The Morgan fingerprint density at radius 2 is 1.94 bits per heavy atom. The highest BCUT2D eigenvalue weighted by Crippen LogP contribution is 2.31. The molecule has 0 radical (unpaired) electrons. The van der Waals surface area contributed by atoms with E-state index in [-0.39, 0.29) is 29.0 Å². The van der Waals surface area contributed by atoms with Gasteiger partial charge in [0.1, 0.15) is 0 Å². The van der Waals surface area contributed by atoms with Gasteiger partial charge in [0.05, 0.1) is 11.4 Å². The average molecular weight is 502 g/mol. The minimum atomic E-state index is -3.52. The van der Waals surface area contributed by atoms with E-state index in [0.29, 0.717) is 16.4 Å². The van der Waals surface area contributed by atoms with E-state index in [2.05, 4.69) is 20.6 Å². The van der Waals surface area contributed by atoms with Crippen LogP contribution in [0.2, 0.25) is 0 Å². The number of aromatic nitrogens is 3. The zero-order valence-electron chi connectivity index (χ0n) is 19.1. The molecule has 1 aromatic carbocycles. The molecular weight excluding hydrogens is 474 g/mol. The summed E-state index contributed by atoms with van der Waals surface area (Å²) in [6.45, 7) is 1.92. The fourth-order valence-corrected chi connectivity index (χ4v) is 6.42. The minimum absolute atomic E-state index is 0.00831. The predicted molar refractivity (Wildman–Crippen MR) is 131 cm³/mol. The smallest absolute Gasteiger partial charge is 0.325 e. The number of nitrogens with zero attached hydrogens (tertiary/aromatic N) is 3. The highest BCUT2D eigenvalue weighted by Gasteiger charge is 2.26. The molecule has 11 heteroatoms. The van der Waals surface area contributed by atoms with Gasteiger partial charge in [-0.2, -0.15) is 0 Å². The van der Waals surface area contributed by atoms with Crippen LogP contribution in [0.5, 0.6) is 0 Å². The van der Waals surface area contributed by atoms with E-state index < -0.39 is 15.9 Å². The third-order valence-electron chi connectivity index (χ3n) is 5.86. The van der Waals surface area contributed by atoms with Gasteiger partial charge in [0, 0.05) is 42.0 Å². The lowest BCUT2D eigenvalue weighted by Crippen LogP contribution is -2.22. The zero-order chi connectivity index (χ0) is 24.3. The summed E-state index contributed by atoms with van der Waals surface area (Å²) in [5.41, 5.74) is 1.96. The fraction of sp³-hybridized carbons (Fsp3) is 0.391. The Morgan fingerprint density at radius 1 is 1.18 bits per heavy atom. The normalized spacial score (nSPS) is 14.3. The lowest BCUT2D eigenvalue weighted by atomic mass is 9.94. The van der Waals surface area contributed by atoms with Crippen LogP contribution in [0.25, 0.3) is 0 Å². The van der Waals surface area contributed by atoms with Gasteiger partial charge < -0.3 is 9.88 Å². The molecule has 0 unspecified atom stereocenters. The Kier molecular flexibility index (Phi) is 7.13. The number of hydrogen-bond acceptors (Lipinski definition) is 7. The molecule has 180 valence electrons. The summed E-state index contributed by atoms with van der Waals surface area (Å²) in [7, 11) is -1.89. The van der Waals surface area contributed by atoms with Gasteiger partial charge in [0.2, 0.25) is 15.0 Å². The van der Waals surface area contributed by atoms with Crippen LogP contribution < -0.4 is 10.6 Å². The third-order valence-corrected chi connectivity index (χ3v) is 8.52. The summed E-state index contributed by atoms with van der Waals surface area (Å²) in [5, 5.41) is 5.81. The number of nitrogens with one attached hydrogen (secondary N) is 2. The Hall–Kier alpha value is -3.05. The lowest BCUT2D eigenvalue weighted by molar-refractivity contribution is 0.0923. The van der Waals surface area contributed by atoms with E-state index in [0.717, 1.165) is 36.1 Å². The summed E-state index contributed by atoms with van der Waals surface area (Å²) in [5.74, 6) is -0.0299. The Labute approximate surface area is 202 Å². The second kappa shape index (κ2) is 10.1. The second-order valence-corrected chi connectivity index (χ2v) is 11.6. The number of benzene rings is 1. The van der Waals surface area contributed by atoms with E-state index in [9.17, 15) is 18.0 Å². The van der Waals surface area contributed by atoms with Gasteiger partial charge in [-0.1, -0.05) is 24.5 Å². The number of urea groups is 1. The van der Waals surface area contributed by atoms with Crippen molar-refractivity contribution < 1.29 is 18.0 Å². The molecule has 2 aromatic heterocycles. The van der Waals surface area contributed by atoms with Gasteiger partial charge in [0.15, 0.2) is 10.9 Å². The molecule has 0 atom stereocenters. The topological polar surface area (TPSA) is 123 Å². The highest BCUT2D eigenvalue weighted by molar-refractivity contribution is 7.91. The van der Waals surface area contributed by atoms with Crippen molar-refractivity contribution in [2.75, 3.05) is 16.4 Å². The van der Waals surface area contributed by atoms with Crippen LogP contribution in [0.4, 0.5) is 15.6 Å². The molecule has 1 saturated carbocycles. The first-order chi connectivity index (χ1) is 16.2. The molecule has 0 bridgehead atoms. The number of rotatable bonds is 8. The van der Waals surface area contributed by atoms with E-state index in [1.807, 2.05) is 19.1 Å². The number of thiazole rings is 1. The molecule has 1 aliphatic carbocycles. The van der Waals surface area contributed by atoms with Crippen LogP contribution in [0.1, 0.15) is 46.5 Å². The van der Waals surface area contributed by atoms with Crippen molar-refractivity contribution in [3.05, 3.63) is 52.8 Å². The summed E-state index contributed by atoms with van der Waals surface area (Å²) >= 11 is 1.21. The number of imidazole rings is 1. The van der Waals surface area contributed by atoms with Gasteiger partial charge in [-0.25, -0.2) is 23.2 Å². The Balaban J connectivity index is 1.38. The maximum Gasteiger partial charge on any atom is 0.325 e. The van der Waals surface area contributed by atoms with E-state index in [4.69, 9.17) is 0 Å². The third kappa shape index (κ3) is 5.53. The van der Waals surface area contributed by atoms with Crippen LogP contribution in [0.3, 0.4) is 0 Å². The van der Waals surface area contributed by atoms with Gasteiger partial charge in [-0.05, 0) is 38.3 Å². The minimum Gasteiger partial charge on any atom is -0.325 e. The van der Waals surface area contributed by atoms with Gasteiger partial charge in [-0.15, -0.1) is 11.3 Å². The van der Waals surface area contributed by atoms with Crippen molar-refractivity contribution in [2.24, 2.45) is 13.0 Å². The number of carbonyl (C=O) groups excluding carboxylic acids is 2. The molecule has 3 aromatic rings. The molecule has 0 spiro atoms.